The molecule has 0 bridgehead atoms. The van der Waals surface area contributed by atoms with E-state index in [0.717, 1.165) is 0 Å². The van der Waals surface area contributed by atoms with Crippen LogP contribution in [0.15, 0.2) is 231 Å². The molecule has 0 saturated heterocycles. The molecule has 12 rings (SSSR count). The molecular weight excluding hydrogens is 725 g/mol. The van der Waals surface area contributed by atoms with Crippen molar-refractivity contribution < 1.29 is 0 Å². The van der Waals surface area contributed by atoms with Crippen LogP contribution in [0.3, 0.4) is 0 Å². The van der Waals surface area contributed by atoms with Crippen molar-refractivity contribution in [2.45, 2.75) is 0 Å². The van der Waals surface area contributed by atoms with Gasteiger partial charge in [0, 0.05) is 32.9 Å². The molecule has 0 aliphatic carbocycles. The Morgan fingerprint density at radius 1 is 0.200 bits per heavy atom. The predicted octanol–water partition coefficient (Wildman–Crippen LogP) is 15.7. The van der Waals surface area contributed by atoms with E-state index in [2.05, 4.69) is 240 Å². The second-order valence-corrected chi connectivity index (χ2v) is 15.8. The Labute approximate surface area is 348 Å². The average molecular weight is 763 g/mol. The Kier molecular flexibility index (Phi) is 7.89. The quantitative estimate of drug-likeness (QED) is 0.160. The maximum atomic E-state index is 2.40. The minimum atomic E-state index is 1.17. The number of rotatable bonds is 6. The van der Waals surface area contributed by atoms with Crippen LogP contribution in [-0.4, -0.2) is 9.13 Å². The average Bonchev–Trinajstić information content (AvgIpc) is 3.84. The Bertz CT molecular complexity index is 3600. The van der Waals surface area contributed by atoms with Crippen LogP contribution in [0.5, 0.6) is 0 Å². The molecule has 0 spiro atoms. The molecule has 2 nitrogen and oxygen atoms in total. The minimum Gasteiger partial charge on any atom is -0.309 e. The number of fused-ring (bicyclic) bond motifs is 7. The zero-order valence-corrected chi connectivity index (χ0v) is 32.8. The van der Waals surface area contributed by atoms with Crippen molar-refractivity contribution in [2.24, 2.45) is 0 Å². The Hall–Kier alpha value is -7.94. The number of benzene rings is 10. The van der Waals surface area contributed by atoms with Gasteiger partial charge in [-0.15, -0.1) is 0 Å². The lowest BCUT2D eigenvalue weighted by Crippen LogP contribution is -1.93. The first kappa shape index (κ1) is 34.1. The SMILES string of the molecule is c1ccc(-n2c3ccccc3c3cc(-c4cccc(-c5cccc(-c6cccc(-c7ccc8c(c7)c7ccccc7n8-c7ccc8ccccc8c7)c6)c5)c4)ccc32)cc1. The number of hydrogen-bond acceptors (Lipinski definition) is 0. The number of aromatic nitrogens is 2. The lowest BCUT2D eigenvalue weighted by molar-refractivity contribution is 1.18. The highest BCUT2D eigenvalue weighted by Crippen LogP contribution is 2.39. The summed E-state index contributed by atoms with van der Waals surface area (Å²) < 4.78 is 4.77. The van der Waals surface area contributed by atoms with Gasteiger partial charge in [0.1, 0.15) is 0 Å². The molecule has 0 atom stereocenters. The molecule has 280 valence electrons. The largest absolute Gasteiger partial charge is 0.309 e. The lowest BCUT2D eigenvalue weighted by atomic mass is 9.94. The van der Waals surface area contributed by atoms with Crippen molar-refractivity contribution in [3.8, 4) is 55.9 Å². The van der Waals surface area contributed by atoms with Gasteiger partial charge in [-0.25, -0.2) is 0 Å². The summed E-state index contributed by atoms with van der Waals surface area (Å²) in [7, 11) is 0. The van der Waals surface area contributed by atoms with Crippen molar-refractivity contribution in [1.29, 1.82) is 0 Å². The summed E-state index contributed by atoms with van der Waals surface area (Å²) in [4.78, 5) is 0. The highest BCUT2D eigenvalue weighted by atomic mass is 15.0. The first-order chi connectivity index (χ1) is 29.7. The molecule has 12 aromatic rings. The van der Waals surface area contributed by atoms with E-state index in [1.54, 1.807) is 0 Å². The standard InChI is InChI=1S/C58H38N2/c1-2-21-49(22-3-1)59-55-25-8-6-23-51(55)53-37-47(28-31-57(53)59)44-19-11-17-42(34-44)40-15-10-16-41(33-40)43-18-12-20-45(35-43)48-29-32-58-54(38-48)52-24-7-9-26-56(52)60(58)50-30-27-39-13-4-5-14-46(39)36-50/h1-38H. The fourth-order valence-electron chi connectivity index (χ4n) is 9.39. The van der Waals surface area contributed by atoms with E-state index in [4.69, 9.17) is 0 Å². The van der Waals surface area contributed by atoms with E-state index in [1.807, 2.05) is 0 Å². The molecule has 2 heteroatoms. The van der Waals surface area contributed by atoms with Gasteiger partial charge in [0.15, 0.2) is 0 Å². The summed E-state index contributed by atoms with van der Waals surface area (Å²) in [5, 5.41) is 7.52. The van der Waals surface area contributed by atoms with Crippen molar-refractivity contribution in [3.05, 3.63) is 231 Å². The predicted molar refractivity (Wildman–Crippen MR) is 254 cm³/mol. The molecule has 0 radical (unpaired) electrons. The van der Waals surface area contributed by atoms with Crippen LogP contribution in [0.1, 0.15) is 0 Å². The summed E-state index contributed by atoms with van der Waals surface area (Å²) in [6, 6.07) is 84.2. The third kappa shape index (κ3) is 5.65. The second kappa shape index (κ2) is 13.9. The van der Waals surface area contributed by atoms with Crippen LogP contribution in [0.2, 0.25) is 0 Å². The molecule has 0 fully saturated rings. The van der Waals surface area contributed by atoms with Crippen LogP contribution in [0.25, 0.3) is 110 Å². The lowest BCUT2D eigenvalue weighted by Gasteiger charge is -2.11. The fourth-order valence-corrected chi connectivity index (χ4v) is 9.39. The van der Waals surface area contributed by atoms with E-state index in [0.29, 0.717) is 0 Å². The Morgan fingerprint density at radius 2 is 0.600 bits per heavy atom. The van der Waals surface area contributed by atoms with Crippen LogP contribution in [0, 0.1) is 0 Å². The molecule has 0 amide bonds. The van der Waals surface area contributed by atoms with Crippen molar-refractivity contribution in [3.63, 3.8) is 0 Å². The van der Waals surface area contributed by atoms with Crippen LogP contribution in [0.4, 0.5) is 0 Å². The highest BCUT2D eigenvalue weighted by molar-refractivity contribution is 6.12. The van der Waals surface area contributed by atoms with Gasteiger partial charge in [-0.05, 0) is 134 Å². The molecule has 10 aromatic carbocycles. The molecule has 0 aliphatic heterocycles. The topological polar surface area (TPSA) is 9.86 Å². The zero-order chi connectivity index (χ0) is 39.6. The highest BCUT2D eigenvalue weighted by Gasteiger charge is 2.16. The molecule has 0 saturated carbocycles. The van der Waals surface area contributed by atoms with Gasteiger partial charge in [0.2, 0.25) is 0 Å². The van der Waals surface area contributed by atoms with E-state index in [1.165, 1.54) is 110 Å². The van der Waals surface area contributed by atoms with E-state index in [9.17, 15) is 0 Å². The second-order valence-electron chi connectivity index (χ2n) is 15.8. The van der Waals surface area contributed by atoms with Crippen LogP contribution >= 0.6 is 0 Å². The molecule has 0 unspecified atom stereocenters. The molecular formula is C58H38N2. The summed E-state index contributed by atoms with van der Waals surface area (Å²) >= 11 is 0. The maximum absolute atomic E-state index is 2.40. The normalized spacial score (nSPS) is 11.7. The van der Waals surface area contributed by atoms with E-state index < -0.39 is 0 Å². The van der Waals surface area contributed by atoms with Gasteiger partial charge in [0.05, 0.1) is 22.1 Å². The molecule has 2 heterocycles. The van der Waals surface area contributed by atoms with Crippen molar-refractivity contribution in [1.82, 2.24) is 9.13 Å². The number of hydrogen-bond donors (Lipinski definition) is 0. The summed E-state index contributed by atoms with van der Waals surface area (Å²) in [6.45, 7) is 0. The summed E-state index contributed by atoms with van der Waals surface area (Å²) in [5.74, 6) is 0. The molecule has 2 aromatic heterocycles. The molecule has 0 aliphatic rings. The monoisotopic (exact) mass is 762 g/mol. The smallest absolute Gasteiger partial charge is 0.0541 e. The Morgan fingerprint density at radius 3 is 1.12 bits per heavy atom. The summed E-state index contributed by atoms with van der Waals surface area (Å²) in [6.07, 6.45) is 0. The van der Waals surface area contributed by atoms with E-state index in [-0.39, 0.29) is 0 Å². The van der Waals surface area contributed by atoms with E-state index >= 15 is 0 Å². The van der Waals surface area contributed by atoms with Gasteiger partial charge in [0.25, 0.3) is 0 Å². The van der Waals surface area contributed by atoms with Gasteiger partial charge in [-0.1, -0.05) is 152 Å². The van der Waals surface area contributed by atoms with Crippen LogP contribution in [-0.2, 0) is 0 Å². The van der Waals surface area contributed by atoms with Gasteiger partial charge >= 0.3 is 0 Å². The third-order valence-electron chi connectivity index (χ3n) is 12.3. The Balaban J connectivity index is 0.889. The van der Waals surface area contributed by atoms with Gasteiger partial charge in [-0.3, -0.25) is 0 Å². The maximum Gasteiger partial charge on any atom is 0.0541 e. The van der Waals surface area contributed by atoms with Gasteiger partial charge in [-0.2, -0.15) is 0 Å². The van der Waals surface area contributed by atoms with Crippen molar-refractivity contribution in [2.75, 3.05) is 0 Å². The first-order valence-electron chi connectivity index (χ1n) is 20.7. The number of para-hydroxylation sites is 3. The minimum absolute atomic E-state index is 1.17. The zero-order valence-electron chi connectivity index (χ0n) is 32.8. The summed E-state index contributed by atoms with van der Waals surface area (Å²) in [5.41, 5.74) is 16.8. The first-order valence-corrected chi connectivity index (χ1v) is 20.7. The molecule has 60 heavy (non-hydrogen) atoms. The number of nitrogens with zero attached hydrogens (tertiary/aromatic N) is 2. The van der Waals surface area contributed by atoms with Crippen molar-refractivity contribution >= 4 is 54.4 Å². The van der Waals surface area contributed by atoms with Gasteiger partial charge < -0.3 is 9.13 Å². The third-order valence-corrected chi connectivity index (χ3v) is 12.3. The van der Waals surface area contributed by atoms with Crippen LogP contribution < -0.4 is 0 Å². The molecule has 0 N–H and O–H groups in total. The fraction of sp³-hybridized carbons (Fsp3) is 0.